The highest BCUT2D eigenvalue weighted by atomic mass is 31.2. The fourth-order valence-corrected chi connectivity index (χ4v) is 2.09. The molecule has 0 aromatic carbocycles. The van der Waals surface area contributed by atoms with E-state index in [1.165, 1.54) is 13.8 Å². The van der Waals surface area contributed by atoms with Crippen LogP contribution in [0.1, 0.15) is 47.5 Å². The SMILES string of the molecule is CC(C)(C)[N-]C(C)(C)C(CC(F)(F)F)CC(F)(F)F.O=P(O)(O)O. The molecule has 0 spiro atoms. The molecule has 0 radical (unpaired) electrons. The molecule has 12 heteroatoms. The van der Waals surface area contributed by atoms with E-state index in [2.05, 4.69) is 5.32 Å². The Kier molecular flexibility index (Phi) is 9.01. The Morgan fingerprint density at radius 1 is 0.833 bits per heavy atom. The lowest BCUT2D eigenvalue weighted by atomic mass is 9.80. The number of hydrogen-bond donors (Lipinski definition) is 3. The van der Waals surface area contributed by atoms with Crippen LogP contribution in [0.2, 0.25) is 0 Å². The van der Waals surface area contributed by atoms with Crippen molar-refractivity contribution in [2.45, 2.75) is 70.9 Å². The summed E-state index contributed by atoms with van der Waals surface area (Å²) in [5, 5.41) is 4.11. The predicted octanol–water partition coefficient (Wildman–Crippen LogP) is 4.53. The zero-order valence-electron chi connectivity index (χ0n) is 13.9. The Balaban J connectivity index is 0. The molecule has 0 saturated carbocycles. The normalized spacial score (nSPS) is 14.5. The van der Waals surface area contributed by atoms with Crippen LogP contribution in [0.25, 0.3) is 5.32 Å². The van der Waals surface area contributed by atoms with Gasteiger partial charge >= 0.3 is 20.2 Å². The van der Waals surface area contributed by atoms with Crippen molar-refractivity contribution in [3.8, 4) is 0 Å². The molecular formula is C12H23F6NO4P-. The Hall–Kier alpha value is -0.350. The molecule has 0 fully saturated rings. The van der Waals surface area contributed by atoms with Gasteiger partial charge < -0.3 is 20.0 Å². The zero-order chi connectivity index (χ0) is 20.2. The molecule has 148 valence electrons. The number of alkyl halides is 6. The van der Waals surface area contributed by atoms with E-state index in [1.807, 2.05) is 0 Å². The summed E-state index contributed by atoms with van der Waals surface area (Å²) in [7, 11) is -4.64. The fraction of sp³-hybridized carbons (Fsp3) is 1.00. The summed E-state index contributed by atoms with van der Waals surface area (Å²) >= 11 is 0. The predicted molar refractivity (Wildman–Crippen MR) is 76.3 cm³/mol. The van der Waals surface area contributed by atoms with Crippen LogP contribution in [0.3, 0.4) is 0 Å². The van der Waals surface area contributed by atoms with E-state index in [1.54, 1.807) is 20.8 Å². The van der Waals surface area contributed by atoms with E-state index in [-0.39, 0.29) is 0 Å². The summed E-state index contributed by atoms with van der Waals surface area (Å²) in [4.78, 5) is 21.6. The molecule has 0 bridgehead atoms. The van der Waals surface area contributed by atoms with Crippen LogP contribution in [-0.2, 0) is 4.57 Å². The number of halogens is 6. The van der Waals surface area contributed by atoms with E-state index < -0.39 is 50.0 Å². The molecule has 0 aromatic rings. The van der Waals surface area contributed by atoms with Crippen LogP contribution in [0.15, 0.2) is 0 Å². The third kappa shape index (κ3) is 19.7. The third-order valence-corrected chi connectivity index (χ3v) is 2.58. The van der Waals surface area contributed by atoms with Crippen LogP contribution in [-0.4, -0.2) is 38.1 Å². The van der Waals surface area contributed by atoms with Crippen molar-refractivity contribution in [2.24, 2.45) is 5.92 Å². The largest absolute Gasteiger partial charge is 0.652 e. The van der Waals surface area contributed by atoms with Crippen LogP contribution in [0, 0.1) is 5.92 Å². The van der Waals surface area contributed by atoms with Crippen LogP contribution >= 0.6 is 7.82 Å². The Morgan fingerprint density at radius 2 is 1.08 bits per heavy atom. The lowest BCUT2D eigenvalue weighted by molar-refractivity contribution is -0.178. The van der Waals surface area contributed by atoms with Gasteiger partial charge in [0.05, 0.1) is 0 Å². The van der Waals surface area contributed by atoms with Crippen LogP contribution in [0.5, 0.6) is 0 Å². The van der Waals surface area contributed by atoms with Crippen molar-refractivity contribution in [1.29, 1.82) is 0 Å². The average molecular weight is 390 g/mol. The minimum Gasteiger partial charge on any atom is -0.652 e. The van der Waals surface area contributed by atoms with Gasteiger partial charge in [0, 0.05) is 12.8 Å². The summed E-state index contributed by atoms with van der Waals surface area (Å²) in [6, 6.07) is 0. The molecule has 0 unspecified atom stereocenters. The van der Waals surface area contributed by atoms with Gasteiger partial charge in [0.25, 0.3) is 0 Å². The second-order valence-corrected chi connectivity index (χ2v) is 7.81. The molecule has 0 aliphatic carbocycles. The first kappa shape index (κ1) is 25.9. The summed E-state index contributed by atoms with van der Waals surface area (Å²) in [5.41, 5.74) is -2.10. The molecule has 24 heavy (non-hydrogen) atoms. The molecule has 0 aliphatic heterocycles. The molecule has 0 rings (SSSR count). The second-order valence-electron chi connectivity index (χ2n) is 6.79. The third-order valence-electron chi connectivity index (χ3n) is 2.58. The topological polar surface area (TPSA) is 91.9 Å². The molecule has 0 heterocycles. The van der Waals surface area contributed by atoms with E-state index in [9.17, 15) is 26.3 Å². The van der Waals surface area contributed by atoms with Crippen molar-refractivity contribution < 1.29 is 45.6 Å². The van der Waals surface area contributed by atoms with E-state index in [0.29, 0.717) is 0 Å². The van der Waals surface area contributed by atoms with E-state index >= 15 is 0 Å². The summed E-state index contributed by atoms with van der Waals surface area (Å²) in [6.07, 6.45) is -12.3. The van der Waals surface area contributed by atoms with Crippen molar-refractivity contribution in [3.63, 3.8) is 0 Å². The number of rotatable bonds is 4. The first-order valence-corrected chi connectivity index (χ1v) is 8.24. The van der Waals surface area contributed by atoms with Gasteiger partial charge in [-0.3, -0.25) is 0 Å². The van der Waals surface area contributed by atoms with Gasteiger partial charge in [-0.05, 0) is 5.92 Å². The molecular weight excluding hydrogens is 367 g/mol. The molecule has 0 atom stereocenters. The van der Waals surface area contributed by atoms with Gasteiger partial charge in [-0.2, -0.15) is 26.3 Å². The van der Waals surface area contributed by atoms with Crippen LogP contribution < -0.4 is 0 Å². The molecule has 5 nitrogen and oxygen atoms in total. The second kappa shape index (κ2) is 8.35. The van der Waals surface area contributed by atoms with Gasteiger partial charge in [0.15, 0.2) is 0 Å². The Morgan fingerprint density at radius 3 is 1.25 bits per heavy atom. The van der Waals surface area contributed by atoms with Crippen molar-refractivity contribution >= 4 is 7.82 Å². The van der Waals surface area contributed by atoms with Crippen LogP contribution in [0.4, 0.5) is 26.3 Å². The highest BCUT2D eigenvalue weighted by Crippen LogP contribution is 2.43. The van der Waals surface area contributed by atoms with Gasteiger partial charge in [-0.1, -0.05) is 34.6 Å². The maximum Gasteiger partial charge on any atom is 0.466 e. The number of hydrogen-bond acceptors (Lipinski definition) is 1. The first-order valence-electron chi connectivity index (χ1n) is 6.68. The van der Waals surface area contributed by atoms with Crippen molar-refractivity contribution in [1.82, 2.24) is 0 Å². The van der Waals surface area contributed by atoms with Gasteiger partial charge in [0.1, 0.15) is 0 Å². The molecule has 0 aromatic heterocycles. The summed E-state index contributed by atoms with van der Waals surface area (Å²) < 4.78 is 83.5. The standard InChI is InChI=1S/C12H20F6N.H3O4P/c1-9(2,3)19-10(4,5)8(6-11(13,14)15)7-12(16,17)18;1-5(2,3)4/h8H,6-7H2,1-5H3;(H3,1,2,3,4)/q-1;. The summed E-state index contributed by atoms with van der Waals surface area (Å²) in [5.74, 6) is -1.62. The molecule has 0 amide bonds. The maximum atomic E-state index is 12.4. The molecule has 0 saturated heterocycles. The van der Waals surface area contributed by atoms with E-state index in [0.717, 1.165) is 0 Å². The highest BCUT2D eigenvalue weighted by Gasteiger charge is 2.42. The number of phosphoric acid groups is 1. The van der Waals surface area contributed by atoms with E-state index in [4.69, 9.17) is 19.2 Å². The highest BCUT2D eigenvalue weighted by molar-refractivity contribution is 7.45. The molecule has 3 N–H and O–H groups in total. The van der Waals surface area contributed by atoms with Gasteiger partial charge in [0.2, 0.25) is 0 Å². The average Bonchev–Trinajstić information content (AvgIpc) is 2.03. The smallest absolute Gasteiger partial charge is 0.466 e. The Bertz CT molecular complexity index is 400. The lowest BCUT2D eigenvalue weighted by Gasteiger charge is -2.54. The number of nitrogens with zero attached hydrogens (tertiary/aromatic N) is 1. The monoisotopic (exact) mass is 390 g/mol. The van der Waals surface area contributed by atoms with Crippen molar-refractivity contribution in [2.75, 3.05) is 0 Å². The minimum absolute atomic E-state index is 0.695. The van der Waals surface area contributed by atoms with Gasteiger partial charge in [-0.15, -0.1) is 11.1 Å². The molecule has 0 aliphatic rings. The Labute approximate surface area is 136 Å². The summed E-state index contributed by atoms with van der Waals surface area (Å²) in [6.45, 7) is 7.58. The first-order chi connectivity index (χ1) is 10.0. The minimum atomic E-state index is -4.64. The zero-order valence-corrected chi connectivity index (χ0v) is 14.8. The maximum absolute atomic E-state index is 12.4. The quantitative estimate of drug-likeness (QED) is 0.486. The van der Waals surface area contributed by atoms with Crippen molar-refractivity contribution in [3.05, 3.63) is 5.32 Å². The lowest BCUT2D eigenvalue weighted by Crippen LogP contribution is -2.40. The van der Waals surface area contributed by atoms with Gasteiger partial charge in [-0.25, -0.2) is 4.57 Å². The fourth-order valence-electron chi connectivity index (χ4n) is 2.09.